The molecule has 0 unspecified atom stereocenters. The van der Waals surface area contributed by atoms with Crippen LogP contribution in [0, 0.1) is 0 Å². The fraction of sp³-hybridized carbons (Fsp3) is 0.588. The molecule has 1 amide bonds. The molecule has 2 rings (SSSR count). The monoisotopic (exact) mass is 307 g/mol. The van der Waals surface area contributed by atoms with Crippen LogP contribution in [0.25, 0.3) is 0 Å². The van der Waals surface area contributed by atoms with E-state index in [1.54, 1.807) is 6.07 Å². The van der Waals surface area contributed by atoms with E-state index >= 15 is 0 Å². The smallest absolute Gasteiger partial charge is 0.222 e. The Balaban J connectivity index is 1.62. The topological polar surface area (TPSA) is 56.8 Å². The summed E-state index contributed by atoms with van der Waals surface area (Å²) >= 11 is 0. The summed E-state index contributed by atoms with van der Waals surface area (Å²) in [6, 6.07) is 5.41. The van der Waals surface area contributed by atoms with Gasteiger partial charge in [0.15, 0.2) is 18.2 Å². The minimum Gasteiger partial charge on any atom is -0.486 e. The Labute approximate surface area is 131 Å². The molecule has 5 nitrogen and oxygen atoms in total. The highest BCUT2D eigenvalue weighted by Crippen LogP contribution is 2.33. The van der Waals surface area contributed by atoms with Crippen LogP contribution in [0.3, 0.4) is 0 Å². The first kappa shape index (κ1) is 16.5. The summed E-state index contributed by atoms with van der Waals surface area (Å²) in [7, 11) is 0. The molecule has 0 aromatic heterocycles. The molecule has 1 aromatic carbocycles. The van der Waals surface area contributed by atoms with Crippen LogP contribution >= 0.6 is 0 Å². The van der Waals surface area contributed by atoms with E-state index in [9.17, 15) is 4.79 Å². The van der Waals surface area contributed by atoms with Crippen molar-refractivity contribution in [3.63, 3.8) is 0 Å². The summed E-state index contributed by atoms with van der Waals surface area (Å²) < 4.78 is 16.4. The molecule has 5 heteroatoms. The van der Waals surface area contributed by atoms with Crippen LogP contribution in [-0.2, 0) is 4.79 Å². The van der Waals surface area contributed by atoms with E-state index < -0.39 is 0 Å². The van der Waals surface area contributed by atoms with Crippen LogP contribution in [0.15, 0.2) is 18.2 Å². The van der Waals surface area contributed by atoms with E-state index in [1.165, 1.54) is 19.3 Å². The lowest BCUT2D eigenvalue weighted by atomic mass is 10.1. The van der Waals surface area contributed by atoms with Gasteiger partial charge in [0.05, 0.1) is 0 Å². The predicted molar refractivity (Wildman–Crippen MR) is 84.4 cm³/mol. The first-order valence-corrected chi connectivity index (χ1v) is 8.08. The lowest BCUT2D eigenvalue weighted by molar-refractivity contribution is -0.122. The molecule has 1 heterocycles. The first-order valence-electron chi connectivity index (χ1n) is 8.08. The summed E-state index contributed by atoms with van der Waals surface area (Å²) in [5.74, 6) is 2.11. The van der Waals surface area contributed by atoms with E-state index in [1.807, 2.05) is 12.1 Å². The summed E-state index contributed by atoms with van der Waals surface area (Å²) in [4.78, 5) is 11.7. The molecule has 0 aliphatic carbocycles. The number of carbonyl (C=O) groups excluding carboxylic acids is 1. The summed E-state index contributed by atoms with van der Waals surface area (Å²) in [6.07, 6.45) is 6.29. The number of unbranched alkanes of at least 4 members (excludes halogenated alkanes) is 4. The lowest BCUT2D eigenvalue weighted by Crippen LogP contribution is -2.27. The van der Waals surface area contributed by atoms with Gasteiger partial charge in [0, 0.05) is 12.5 Å². The second-order valence-corrected chi connectivity index (χ2v) is 5.36. The number of benzene rings is 1. The van der Waals surface area contributed by atoms with Gasteiger partial charge in [0.1, 0.15) is 19.0 Å². The molecule has 0 fully saturated rings. The third kappa shape index (κ3) is 5.47. The van der Waals surface area contributed by atoms with Gasteiger partial charge in [0.25, 0.3) is 0 Å². The van der Waals surface area contributed by atoms with Crippen LogP contribution in [0.1, 0.15) is 45.4 Å². The number of rotatable bonds is 9. The Kier molecular flexibility index (Phi) is 6.87. The molecular weight excluding hydrogens is 282 g/mol. The number of fused-ring (bicyclic) bond motifs is 1. The van der Waals surface area contributed by atoms with Gasteiger partial charge < -0.3 is 19.5 Å². The number of nitrogens with one attached hydrogen (secondary N) is 1. The van der Waals surface area contributed by atoms with Gasteiger partial charge in [-0.1, -0.05) is 32.6 Å². The van der Waals surface area contributed by atoms with E-state index in [-0.39, 0.29) is 12.6 Å². The fourth-order valence-electron chi connectivity index (χ4n) is 2.29. The molecule has 1 N–H and O–H groups in total. The number of carbonyl (C=O) groups is 1. The first-order chi connectivity index (χ1) is 10.8. The zero-order chi connectivity index (χ0) is 15.6. The van der Waals surface area contributed by atoms with Gasteiger partial charge >= 0.3 is 0 Å². The number of hydrogen-bond donors (Lipinski definition) is 1. The van der Waals surface area contributed by atoms with Gasteiger partial charge in [-0.15, -0.1) is 0 Å². The van der Waals surface area contributed by atoms with Gasteiger partial charge in [-0.05, 0) is 18.6 Å². The largest absolute Gasteiger partial charge is 0.486 e. The molecule has 0 atom stereocenters. The summed E-state index contributed by atoms with van der Waals surface area (Å²) in [6.45, 7) is 3.47. The highest BCUT2D eigenvalue weighted by molar-refractivity contribution is 5.75. The molecule has 0 saturated heterocycles. The van der Waals surface area contributed by atoms with Gasteiger partial charge in [-0.25, -0.2) is 0 Å². The van der Waals surface area contributed by atoms with Gasteiger partial charge in [-0.2, -0.15) is 0 Å². The molecule has 1 aliphatic rings. The van der Waals surface area contributed by atoms with Gasteiger partial charge in [0.2, 0.25) is 5.91 Å². The SMILES string of the molecule is CCCCCCCC(=O)NCOc1ccc2c(c1)OCCO2. The van der Waals surface area contributed by atoms with Crippen LogP contribution in [-0.4, -0.2) is 25.9 Å². The zero-order valence-electron chi connectivity index (χ0n) is 13.2. The van der Waals surface area contributed by atoms with Crippen LogP contribution in [0.2, 0.25) is 0 Å². The Morgan fingerprint density at radius 2 is 1.91 bits per heavy atom. The van der Waals surface area contributed by atoms with Crippen molar-refractivity contribution in [2.45, 2.75) is 45.4 Å². The maximum absolute atomic E-state index is 11.7. The van der Waals surface area contributed by atoms with Crippen molar-refractivity contribution in [1.29, 1.82) is 0 Å². The van der Waals surface area contributed by atoms with Crippen molar-refractivity contribution >= 4 is 5.91 Å². The normalized spacial score (nSPS) is 12.8. The van der Waals surface area contributed by atoms with E-state index in [0.29, 0.717) is 31.1 Å². The van der Waals surface area contributed by atoms with Crippen molar-refractivity contribution in [3.8, 4) is 17.2 Å². The maximum atomic E-state index is 11.7. The predicted octanol–water partition coefficient (Wildman–Crippen LogP) is 3.27. The Bertz CT molecular complexity index is 476. The molecule has 0 bridgehead atoms. The van der Waals surface area contributed by atoms with Crippen LogP contribution in [0.5, 0.6) is 17.2 Å². The van der Waals surface area contributed by atoms with E-state index in [4.69, 9.17) is 14.2 Å². The van der Waals surface area contributed by atoms with Crippen molar-refractivity contribution in [3.05, 3.63) is 18.2 Å². The quantitative estimate of drug-likeness (QED) is 0.562. The average Bonchev–Trinajstić information content (AvgIpc) is 2.54. The molecule has 0 spiro atoms. The van der Waals surface area contributed by atoms with Gasteiger partial charge in [-0.3, -0.25) is 4.79 Å². The fourth-order valence-corrected chi connectivity index (χ4v) is 2.29. The summed E-state index contributed by atoms with van der Waals surface area (Å²) in [5, 5.41) is 2.77. The van der Waals surface area contributed by atoms with Crippen LogP contribution in [0.4, 0.5) is 0 Å². The second kappa shape index (κ2) is 9.18. The molecule has 22 heavy (non-hydrogen) atoms. The zero-order valence-corrected chi connectivity index (χ0v) is 13.2. The van der Waals surface area contributed by atoms with E-state index in [0.717, 1.165) is 18.6 Å². The molecule has 0 radical (unpaired) electrons. The summed E-state index contributed by atoms with van der Waals surface area (Å²) in [5.41, 5.74) is 0. The average molecular weight is 307 g/mol. The van der Waals surface area contributed by atoms with Crippen molar-refractivity contribution in [2.24, 2.45) is 0 Å². The molecule has 1 aromatic rings. The Hall–Kier alpha value is -1.91. The number of ether oxygens (including phenoxy) is 3. The number of amides is 1. The van der Waals surface area contributed by atoms with E-state index in [2.05, 4.69) is 12.2 Å². The standard InChI is InChI=1S/C17H25NO4/c1-2-3-4-5-6-7-17(19)18-13-22-14-8-9-15-16(12-14)21-11-10-20-15/h8-9,12H,2-7,10-11,13H2,1H3,(H,18,19). The van der Waals surface area contributed by atoms with Crippen molar-refractivity contribution in [2.75, 3.05) is 19.9 Å². The van der Waals surface area contributed by atoms with Crippen LogP contribution < -0.4 is 19.5 Å². The molecule has 122 valence electrons. The Morgan fingerprint density at radius 3 is 2.73 bits per heavy atom. The lowest BCUT2D eigenvalue weighted by Gasteiger charge is -2.19. The minimum atomic E-state index is 0.0361. The maximum Gasteiger partial charge on any atom is 0.222 e. The third-order valence-corrected chi connectivity index (χ3v) is 3.53. The van der Waals surface area contributed by atoms with Crippen molar-refractivity contribution in [1.82, 2.24) is 5.32 Å². The highest BCUT2D eigenvalue weighted by atomic mass is 16.6. The number of hydrogen-bond acceptors (Lipinski definition) is 4. The molecule has 1 aliphatic heterocycles. The molecular formula is C17H25NO4. The third-order valence-electron chi connectivity index (χ3n) is 3.53. The minimum absolute atomic E-state index is 0.0361. The van der Waals surface area contributed by atoms with Crippen molar-refractivity contribution < 1.29 is 19.0 Å². The Morgan fingerprint density at radius 1 is 1.14 bits per heavy atom. The second-order valence-electron chi connectivity index (χ2n) is 5.36. The molecule has 0 saturated carbocycles. The highest BCUT2D eigenvalue weighted by Gasteiger charge is 2.12.